The van der Waals surface area contributed by atoms with Crippen molar-refractivity contribution in [3.8, 4) is 5.75 Å². The average molecular weight is 684 g/mol. The molecule has 0 saturated heterocycles. The van der Waals surface area contributed by atoms with E-state index in [0.29, 0.717) is 17.8 Å². The fourth-order valence-electron chi connectivity index (χ4n) is 7.74. The lowest BCUT2D eigenvalue weighted by molar-refractivity contribution is -0.153. The van der Waals surface area contributed by atoms with Gasteiger partial charge in [-0.25, -0.2) is 0 Å². The number of nitrogens with two attached hydrogens (primary N) is 1. The molecular formula is C36H53N5O8. The number of ketones is 2. The van der Waals surface area contributed by atoms with Gasteiger partial charge in [-0.15, -0.1) is 0 Å². The van der Waals surface area contributed by atoms with E-state index in [1.54, 1.807) is 39.2 Å². The number of phenolic OH excluding ortho intramolecular Hbond substituents is 1. The number of nitrogens with one attached hydrogen (secondary N) is 2. The number of Topliss-reactive ketones (excluding diaryl/α,β-unsaturated/α-hetero) is 2. The van der Waals surface area contributed by atoms with Crippen molar-refractivity contribution in [1.82, 2.24) is 10.2 Å². The van der Waals surface area contributed by atoms with Gasteiger partial charge in [0.25, 0.3) is 5.91 Å². The first-order chi connectivity index (χ1) is 23.2. The van der Waals surface area contributed by atoms with E-state index in [-0.39, 0.29) is 36.2 Å². The predicted molar refractivity (Wildman–Crippen MR) is 187 cm³/mol. The number of aliphatic hydroxyl groups is 3. The van der Waals surface area contributed by atoms with E-state index in [1.165, 1.54) is 43.4 Å². The van der Waals surface area contributed by atoms with Crippen molar-refractivity contribution >= 4 is 40.5 Å². The van der Waals surface area contributed by atoms with Gasteiger partial charge in [0.2, 0.25) is 11.7 Å². The van der Waals surface area contributed by atoms with Gasteiger partial charge in [-0.2, -0.15) is 0 Å². The Hall–Kier alpha value is -3.94. The molecule has 0 heterocycles. The maximum absolute atomic E-state index is 14.2. The molecule has 4 atom stereocenters. The molecule has 0 spiro atoms. The van der Waals surface area contributed by atoms with Crippen molar-refractivity contribution in [1.29, 1.82) is 0 Å². The minimum absolute atomic E-state index is 0.00641. The number of hydrogen-bond donors (Lipinski definition) is 7. The molecule has 270 valence electrons. The van der Waals surface area contributed by atoms with Gasteiger partial charge in [0.15, 0.2) is 11.4 Å². The SMILES string of the molecule is CCCCCCCCCCCNCC(=O)Nc1cc(N(C)C)c2c(c1O)C(O)=C1C(=O)C3(O)C(O)=C(C(N)=O)C(=O)[C@@H](N(C)C)C3CC1C2. The van der Waals surface area contributed by atoms with Crippen LogP contribution in [0.4, 0.5) is 11.4 Å². The second kappa shape index (κ2) is 15.7. The third kappa shape index (κ3) is 7.34. The van der Waals surface area contributed by atoms with Crippen LogP contribution >= 0.6 is 0 Å². The summed E-state index contributed by atoms with van der Waals surface area (Å²) < 4.78 is 0. The van der Waals surface area contributed by atoms with Crippen LogP contribution in [0, 0.1) is 11.8 Å². The van der Waals surface area contributed by atoms with Crippen LogP contribution < -0.4 is 21.3 Å². The molecule has 1 fully saturated rings. The van der Waals surface area contributed by atoms with Crippen molar-refractivity contribution in [2.24, 2.45) is 17.6 Å². The van der Waals surface area contributed by atoms with Gasteiger partial charge in [0.1, 0.15) is 22.8 Å². The molecule has 0 radical (unpaired) electrons. The maximum Gasteiger partial charge on any atom is 0.255 e. The minimum atomic E-state index is -2.73. The summed E-state index contributed by atoms with van der Waals surface area (Å²) >= 11 is 0. The van der Waals surface area contributed by atoms with E-state index in [0.717, 1.165) is 19.3 Å². The molecule has 4 rings (SSSR count). The van der Waals surface area contributed by atoms with Crippen LogP contribution in [-0.4, -0.2) is 102 Å². The Kier molecular flexibility index (Phi) is 12.2. The van der Waals surface area contributed by atoms with Crippen LogP contribution in [0.3, 0.4) is 0 Å². The molecule has 3 unspecified atom stereocenters. The molecule has 0 aromatic heterocycles. The highest BCUT2D eigenvalue weighted by atomic mass is 16.3. The van der Waals surface area contributed by atoms with E-state index < -0.39 is 69.7 Å². The third-order valence-corrected chi connectivity index (χ3v) is 10.2. The largest absolute Gasteiger partial charge is 0.508 e. The number of unbranched alkanes of at least 4 members (excludes halogenated alkanes) is 8. The highest BCUT2D eigenvalue weighted by Gasteiger charge is 2.64. The normalized spacial score (nSPS) is 23.4. The fourth-order valence-corrected chi connectivity index (χ4v) is 7.74. The summed E-state index contributed by atoms with van der Waals surface area (Å²) in [5.74, 6) is -7.67. The Labute approximate surface area is 288 Å². The Morgan fingerprint density at radius 2 is 1.59 bits per heavy atom. The number of hydrogen-bond acceptors (Lipinski definition) is 11. The summed E-state index contributed by atoms with van der Waals surface area (Å²) in [4.78, 5) is 55.8. The first kappa shape index (κ1) is 37.9. The number of rotatable bonds is 16. The highest BCUT2D eigenvalue weighted by molar-refractivity contribution is 6.24. The number of aliphatic hydroxyl groups excluding tert-OH is 2. The van der Waals surface area contributed by atoms with Crippen LogP contribution in [0.2, 0.25) is 0 Å². The Balaban J connectivity index is 1.56. The molecule has 13 heteroatoms. The molecule has 8 N–H and O–H groups in total. The molecule has 1 aromatic rings. The van der Waals surface area contributed by atoms with E-state index in [1.807, 2.05) is 0 Å². The first-order valence-electron chi connectivity index (χ1n) is 17.4. The Morgan fingerprint density at radius 3 is 2.16 bits per heavy atom. The first-order valence-corrected chi connectivity index (χ1v) is 17.4. The van der Waals surface area contributed by atoms with E-state index in [4.69, 9.17) is 5.73 Å². The van der Waals surface area contributed by atoms with Crippen LogP contribution in [-0.2, 0) is 25.6 Å². The summed E-state index contributed by atoms with van der Waals surface area (Å²) in [7, 11) is 6.64. The van der Waals surface area contributed by atoms with Crippen LogP contribution in [0.1, 0.15) is 82.3 Å². The number of carbonyl (C=O) groups is 4. The number of primary amides is 1. The number of benzene rings is 1. The molecule has 1 aromatic carbocycles. The molecule has 49 heavy (non-hydrogen) atoms. The number of phenols is 1. The molecule has 13 nitrogen and oxygen atoms in total. The zero-order valence-corrected chi connectivity index (χ0v) is 29.4. The predicted octanol–water partition coefficient (Wildman–Crippen LogP) is 3.09. The monoisotopic (exact) mass is 683 g/mol. The van der Waals surface area contributed by atoms with Gasteiger partial charge < -0.3 is 41.7 Å². The summed E-state index contributed by atoms with van der Waals surface area (Å²) in [6.07, 6.45) is 10.9. The second-order valence-corrected chi connectivity index (χ2v) is 14.1. The van der Waals surface area contributed by atoms with Gasteiger partial charge in [-0.3, -0.25) is 24.1 Å². The lowest BCUT2D eigenvalue weighted by Gasteiger charge is -2.50. The number of nitrogens with zero attached hydrogens (tertiary/aromatic N) is 2. The smallest absolute Gasteiger partial charge is 0.255 e. The van der Waals surface area contributed by atoms with Crippen molar-refractivity contribution in [3.05, 3.63) is 34.1 Å². The van der Waals surface area contributed by atoms with Crippen molar-refractivity contribution in [2.75, 3.05) is 51.5 Å². The standard InChI is InChI=1S/C36H53N5O8/c1-6-7-8-9-10-11-12-13-14-15-38-19-25(42)39-23-18-24(40(2)3)21-16-20-17-22-29(41(4)5)32(45)28(35(37)48)34(47)36(22,49)33(46)26(20)31(44)27(21)30(23)43/h18,20,22,29,38,43-44,47,49H,6-17,19H2,1-5H3,(H2,37,48)(H,39,42)/t20?,22?,29-,36?/m0/s1. The van der Waals surface area contributed by atoms with E-state index >= 15 is 0 Å². The number of fused-ring (bicyclic) bond motifs is 3. The van der Waals surface area contributed by atoms with Crippen LogP contribution in [0.15, 0.2) is 23.0 Å². The molecule has 0 bridgehead atoms. The molecule has 1 saturated carbocycles. The van der Waals surface area contributed by atoms with Crippen LogP contribution in [0.5, 0.6) is 5.75 Å². The van der Waals surface area contributed by atoms with Gasteiger partial charge >= 0.3 is 0 Å². The van der Waals surface area contributed by atoms with Crippen molar-refractivity contribution < 1.29 is 39.6 Å². The van der Waals surface area contributed by atoms with Crippen molar-refractivity contribution in [3.63, 3.8) is 0 Å². The van der Waals surface area contributed by atoms with E-state index in [9.17, 15) is 39.6 Å². The molecule has 3 aliphatic rings. The topological polar surface area (TPSA) is 206 Å². The number of amides is 2. The quantitative estimate of drug-likeness (QED) is 0.0766. The van der Waals surface area contributed by atoms with E-state index in [2.05, 4.69) is 17.6 Å². The summed E-state index contributed by atoms with van der Waals surface area (Å²) in [6, 6.07) is 0.442. The molecule has 2 amide bonds. The number of aromatic hydroxyl groups is 1. The zero-order valence-electron chi connectivity index (χ0n) is 29.4. The minimum Gasteiger partial charge on any atom is -0.508 e. The number of carbonyl (C=O) groups excluding carboxylic acids is 4. The van der Waals surface area contributed by atoms with Gasteiger partial charge in [-0.1, -0.05) is 58.3 Å². The zero-order chi connectivity index (χ0) is 36.2. The summed E-state index contributed by atoms with van der Waals surface area (Å²) in [5, 5.41) is 51.8. The second-order valence-electron chi connectivity index (χ2n) is 14.1. The Bertz CT molecular complexity index is 1530. The molecule has 3 aliphatic carbocycles. The van der Waals surface area contributed by atoms with Gasteiger partial charge in [0, 0.05) is 31.3 Å². The van der Waals surface area contributed by atoms with Crippen LogP contribution in [0.25, 0.3) is 5.76 Å². The number of likely N-dealkylation sites (N-methyl/N-ethyl adjacent to an activating group) is 1. The summed E-state index contributed by atoms with van der Waals surface area (Å²) in [6.45, 7) is 2.88. The highest BCUT2D eigenvalue weighted by Crippen LogP contribution is 2.54. The summed E-state index contributed by atoms with van der Waals surface area (Å²) in [5.41, 5.74) is 2.59. The lowest BCUT2D eigenvalue weighted by Crippen LogP contribution is -2.65. The Morgan fingerprint density at radius 1 is 0.980 bits per heavy atom. The average Bonchev–Trinajstić information content (AvgIpc) is 3.02. The third-order valence-electron chi connectivity index (χ3n) is 10.2. The van der Waals surface area contributed by atoms with Gasteiger partial charge in [-0.05, 0) is 57.5 Å². The maximum atomic E-state index is 14.2. The number of anilines is 2. The fraction of sp³-hybridized carbons (Fsp3) is 0.611. The molecular weight excluding hydrogens is 630 g/mol. The molecule has 0 aliphatic heterocycles. The van der Waals surface area contributed by atoms with Crippen molar-refractivity contribution in [2.45, 2.75) is 89.2 Å². The van der Waals surface area contributed by atoms with Gasteiger partial charge in [0.05, 0.1) is 23.8 Å². The lowest BCUT2D eigenvalue weighted by atomic mass is 9.57.